The lowest BCUT2D eigenvalue weighted by Crippen LogP contribution is -2.17. The Morgan fingerprint density at radius 1 is 1.17 bits per heavy atom. The number of methoxy groups -OCH3 is 1. The number of benzene rings is 1. The smallest absolute Gasteiger partial charge is 0.244 e. The van der Waals surface area contributed by atoms with E-state index in [-0.39, 0.29) is 0 Å². The van der Waals surface area contributed by atoms with Crippen LogP contribution >= 0.6 is 0 Å². The van der Waals surface area contributed by atoms with Crippen LogP contribution in [0.3, 0.4) is 0 Å². The van der Waals surface area contributed by atoms with Gasteiger partial charge in [-0.05, 0) is 51.2 Å². The Labute approximate surface area is 143 Å². The number of aromatic nitrogens is 3. The van der Waals surface area contributed by atoms with E-state index in [1.54, 1.807) is 13.3 Å². The van der Waals surface area contributed by atoms with Crippen molar-refractivity contribution < 1.29 is 4.74 Å². The molecule has 2 rings (SSSR count). The van der Waals surface area contributed by atoms with Gasteiger partial charge in [-0.15, -0.1) is 5.10 Å². The maximum absolute atomic E-state index is 5.23. The van der Waals surface area contributed by atoms with E-state index in [4.69, 9.17) is 4.74 Å². The summed E-state index contributed by atoms with van der Waals surface area (Å²) in [4.78, 5) is 6.58. The number of rotatable bonds is 10. The van der Waals surface area contributed by atoms with Gasteiger partial charge in [0.2, 0.25) is 5.95 Å². The fourth-order valence-electron chi connectivity index (χ4n) is 2.22. The number of ether oxygens (including phenoxy) is 1. The predicted octanol–water partition coefficient (Wildman–Crippen LogP) is 1.90. The lowest BCUT2D eigenvalue weighted by atomic mass is 10.1. The molecule has 0 aliphatic heterocycles. The molecule has 0 atom stereocenters. The lowest BCUT2D eigenvalue weighted by molar-refractivity contribution is 0.405. The Kier molecular flexibility index (Phi) is 7.22. The molecule has 0 unspecified atom stereocenters. The van der Waals surface area contributed by atoms with Crippen molar-refractivity contribution in [1.29, 1.82) is 0 Å². The molecule has 2 N–H and O–H groups in total. The second-order valence-electron chi connectivity index (χ2n) is 5.78. The minimum atomic E-state index is 0.538. The molecular formula is C17H26N6O. The Morgan fingerprint density at radius 2 is 2.04 bits per heavy atom. The summed E-state index contributed by atoms with van der Waals surface area (Å²) >= 11 is 0. The molecule has 0 spiro atoms. The van der Waals surface area contributed by atoms with Crippen molar-refractivity contribution in [2.45, 2.75) is 12.8 Å². The van der Waals surface area contributed by atoms with Gasteiger partial charge in [0.15, 0.2) is 5.82 Å². The molecule has 0 fully saturated rings. The Bertz CT molecular complexity index is 620. The number of hydrogen-bond donors (Lipinski definition) is 2. The van der Waals surface area contributed by atoms with Gasteiger partial charge in [0.25, 0.3) is 0 Å². The van der Waals surface area contributed by atoms with E-state index in [2.05, 4.69) is 50.9 Å². The van der Waals surface area contributed by atoms with Gasteiger partial charge in [0.05, 0.1) is 13.3 Å². The van der Waals surface area contributed by atoms with Crippen molar-refractivity contribution in [3.8, 4) is 5.75 Å². The summed E-state index contributed by atoms with van der Waals surface area (Å²) in [7, 11) is 5.81. The SMILES string of the molecule is COc1cccc(CCNc2nncc(NCCCN(C)C)n2)c1. The quantitative estimate of drug-likeness (QED) is 0.644. The molecule has 0 saturated carbocycles. The van der Waals surface area contributed by atoms with Crippen LogP contribution < -0.4 is 15.4 Å². The third kappa shape index (κ3) is 6.37. The third-order valence-electron chi connectivity index (χ3n) is 3.48. The van der Waals surface area contributed by atoms with E-state index < -0.39 is 0 Å². The maximum Gasteiger partial charge on any atom is 0.244 e. The van der Waals surface area contributed by atoms with Crippen LogP contribution in [0.4, 0.5) is 11.8 Å². The van der Waals surface area contributed by atoms with Crippen molar-refractivity contribution in [1.82, 2.24) is 20.1 Å². The van der Waals surface area contributed by atoms with Crippen molar-refractivity contribution >= 4 is 11.8 Å². The molecule has 24 heavy (non-hydrogen) atoms. The Morgan fingerprint density at radius 3 is 2.83 bits per heavy atom. The summed E-state index contributed by atoms with van der Waals surface area (Å²) in [6.07, 6.45) is 3.56. The summed E-state index contributed by atoms with van der Waals surface area (Å²) < 4.78 is 5.23. The molecule has 1 aromatic carbocycles. The maximum atomic E-state index is 5.23. The molecule has 0 amide bonds. The van der Waals surface area contributed by atoms with Gasteiger partial charge >= 0.3 is 0 Å². The van der Waals surface area contributed by atoms with Gasteiger partial charge in [0.1, 0.15) is 5.75 Å². The molecule has 0 aliphatic carbocycles. The van der Waals surface area contributed by atoms with Gasteiger partial charge in [-0.1, -0.05) is 12.1 Å². The lowest BCUT2D eigenvalue weighted by Gasteiger charge is -2.10. The number of hydrogen-bond acceptors (Lipinski definition) is 7. The summed E-state index contributed by atoms with van der Waals surface area (Å²) in [6, 6.07) is 8.04. The molecule has 130 valence electrons. The molecule has 1 heterocycles. The van der Waals surface area contributed by atoms with Gasteiger partial charge < -0.3 is 20.3 Å². The molecule has 7 heteroatoms. The second kappa shape index (κ2) is 9.67. The molecule has 0 aliphatic rings. The highest BCUT2D eigenvalue weighted by molar-refractivity contribution is 5.37. The van der Waals surface area contributed by atoms with E-state index in [0.29, 0.717) is 5.95 Å². The van der Waals surface area contributed by atoms with Gasteiger partial charge in [-0.2, -0.15) is 10.1 Å². The first-order valence-corrected chi connectivity index (χ1v) is 8.12. The highest BCUT2D eigenvalue weighted by atomic mass is 16.5. The first kappa shape index (κ1) is 17.9. The zero-order chi connectivity index (χ0) is 17.2. The topological polar surface area (TPSA) is 75.2 Å². The van der Waals surface area contributed by atoms with Crippen LogP contribution in [0.25, 0.3) is 0 Å². The summed E-state index contributed by atoms with van der Waals surface area (Å²) in [6.45, 7) is 2.64. The van der Waals surface area contributed by atoms with Crippen LogP contribution in [0, 0.1) is 0 Å². The minimum absolute atomic E-state index is 0.538. The van der Waals surface area contributed by atoms with E-state index >= 15 is 0 Å². The average molecular weight is 330 g/mol. The number of nitrogens with zero attached hydrogens (tertiary/aromatic N) is 4. The average Bonchev–Trinajstić information content (AvgIpc) is 2.59. The van der Waals surface area contributed by atoms with Crippen LogP contribution in [0.2, 0.25) is 0 Å². The van der Waals surface area contributed by atoms with E-state index in [9.17, 15) is 0 Å². The van der Waals surface area contributed by atoms with Crippen molar-refractivity contribution in [2.24, 2.45) is 0 Å². The van der Waals surface area contributed by atoms with Crippen LogP contribution in [0.15, 0.2) is 30.5 Å². The van der Waals surface area contributed by atoms with Gasteiger partial charge in [-0.3, -0.25) is 0 Å². The Balaban J connectivity index is 1.77. The van der Waals surface area contributed by atoms with Crippen LogP contribution in [-0.2, 0) is 6.42 Å². The van der Waals surface area contributed by atoms with E-state index in [1.807, 2.05) is 18.2 Å². The molecule has 0 bridgehead atoms. The molecular weight excluding hydrogens is 304 g/mol. The van der Waals surface area contributed by atoms with Crippen LogP contribution in [-0.4, -0.2) is 60.9 Å². The van der Waals surface area contributed by atoms with E-state index in [0.717, 1.165) is 44.0 Å². The second-order valence-corrected chi connectivity index (χ2v) is 5.78. The fraction of sp³-hybridized carbons (Fsp3) is 0.471. The van der Waals surface area contributed by atoms with Crippen LogP contribution in [0.5, 0.6) is 5.75 Å². The molecule has 0 saturated heterocycles. The highest BCUT2D eigenvalue weighted by Crippen LogP contribution is 2.13. The molecule has 1 aromatic heterocycles. The molecule has 2 aromatic rings. The monoisotopic (exact) mass is 330 g/mol. The first-order valence-electron chi connectivity index (χ1n) is 8.12. The zero-order valence-electron chi connectivity index (χ0n) is 14.6. The first-order chi connectivity index (χ1) is 11.7. The van der Waals surface area contributed by atoms with E-state index in [1.165, 1.54) is 5.56 Å². The van der Waals surface area contributed by atoms with Crippen molar-refractivity contribution in [2.75, 3.05) is 51.5 Å². The minimum Gasteiger partial charge on any atom is -0.497 e. The third-order valence-corrected chi connectivity index (χ3v) is 3.48. The van der Waals surface area contributed by atoms with Crippen molar-refractivity contribution in [3.05, 3.63) is 36.0 Å². The fourth-order valence-corrected chi connectivity index (χ4v) is 2.22. The number of anilines is 2. The molecule has 7 nitrogen and oxygen atoms in total. The van der Waals surface area contributed by atoms with Crippen molar-refractivity contribution in [3.63, 3.8) is 0 Å². The summed E-state index contributed by atoms with van der Waals surface area (Å²) in [5, 5.41) is 14.5. The predicted molar refractivity (Wildman–Crippen MR) is 96.7 cm³/mol. The standard InChI is InChI=1S/C17H26N6O/c1-23(2)11-5-9-18-16-13-20-22-17(21-16)19-10-8-14-6-4-7-15(12-14)24-3/h4,6-7,12-13H,5,8-11H2,1-3H3,(H2,18,19,21,22). The number of nitrogens with one attached hydrogen (secondary N) is 2. The van der Waals surface area contributed by atoms with Gasteiger partial charge in [-0.25, -0.2) is 0 Å². The largest absolute Gasteiger partial charge is 0.497 e. The van der Waals surface area contributed by atoms with Crippen LogP contribution in [0.1, 0.15) is 12.0 Å². The highest BCUT2D eigenvalue weighted by Gasteiger charge is 2.01. The Hall–Kier alpha value is -2.41. The van der Waals surface area contributed by atoms with Gasteiger partial charge in [0, 0.05) is 13.1 Å². The summed E-state index contributed by atoms with van der Waals surface area (Å²) in [5.74, 6) is 2.15. The summed E-state index contributed by atoms with van der Waals surface area (Å²) in [5.41, 5.74) is 1.20. The normalized spacial score (nSPS) is 10.7. The zero-order valence-corrected chi connectivity index (χ0v) is 14.6. The molecule has 0 radical (unpaired) electrons.